The van der Waals surface area contributed by atoms with Crippen LogP contribution in [-0.4, -0.2) is 23.0 Å². The molecule has 2 heteroatoms. The van der Waals surface area contributed by atoms with Crippen molar-refractivity contribution in [2.24, 2.45) is 0 Å². The largest absolute Gasteiger partial charge is 0.298 e. The van der Waals surface area contributed by atoms with E-state index >= 15 is 0 Å². The molecule has 1 aromatic rings. The van der Waals surface area contributed by atoms with Gasteiger partial charge in [-0.25, -0.2) is 0 Å². The summed E-state index contributed by atoms with van der Waals surface area (Å²) in [4.78, 5) is 6.83. The van der Waals surface area contributed by atoms with Gasteiger partial charge < -0.3 is 0 Å². The van der Waals surface area contributed by atoms with E-state index in [9.17, 15) is 0 Å². The van der Waals surface area contributed by atoms with Crippen LogP contribution in [0.3, 0.4) is 0 Å². The summed E-state index contributed by atoms with van der Waals surface area (Å²) in [5, 5.41) is 0. The molecule has 0 bridgehead atoms. The lowest BCUT2D eigenvalue weighted by molar-refractivity contribution is 0.292. The second kappa shape index (κ2) is 4.97. The molecule has 0 amide bonds. The van der Waals surface area contributed by atoms with Crippen molar-refractivity contribution in [3.8, 4) is 0 Å². The average Bonchev–Trinajstić information content (AvgIpc) is 2.14. The standard InChI is InChI=1S/C11H18N2/c1-4-13(5-2)9-11-8-6-7-10(3)12-11/h6-8H,4-5,9H2,1-3H3. The smallest absolute Gasteiger partial charge is 0.0547 e. The summed E-state index contributed by atoms with van der Waals surface area (Å²) in [6.07, 6.45) is 0. The van der Waals surface area contributed by atoms with Crippen molar-refractivity contribution in [1.29, 1.82) is 0 Å². The third-order valence-electron chi connectivity index (χ3n) is 2.23. The van der Waals surface area contributed by atoms with Crippen molar-refractivity contribution in [3.05, 3.63) is 29.6 Å². The van der Waals surface area contributed by atoms with Gasteiger partial charge in [-0.15, -0.1) is 0 Å². The minimum absolute atomic E-state index is 0.967. The lowest BCUT2D eigenvalue weighted by Gasteiger charge is -2.17. The number of hydrogen-bond acceptors (Lipinski definition) is 2. The number of hydrogen-bond donors (Lipinski definition) is 0. The summed E-state index contributed by atoms with van der Waals surface area (Å²) in [5.41, 5.74) is 2.27. The molecule has 0 radical (unpaired) electrons. The zero-order chi connectivity index (χ0) is 9.68. The highest BCUT2D eigenvalue weighted by Gasteiger charge is 2.01. The second-order valence-corrected chi connectivity index (χ2v) is 3.23. The Kier molecular flexibility index (Phi) is 3.90. The number of rotatable bonds is 4. The lowest BCUT2D eigenvalue weighted by Crippen LogP contribution is -2.22. The van der Waals surface area contributed by atoms with Crippen LogP contribution < -0.4 is 0 Å². The Morgan fingerprint density at radius 2 is 1.92 bits per heavy atom. The van der Waals surface area contributed by atoms with E-state index in [1.165, 1.54) is 5.69 Å². The molecule has 0 N–H and O–H groups in total. The molecule has 0 fully saturated rings. The lowest BCUT2D eigenvalue weighted by atomic mass is 10.3. The highest BCUT2D eigenvalue weighted by atomic mass is 15.1. The van der Waals surface area contributed by atoms with E-state index in [2.05, 4.69) is 35.9 Å². The van der Waals surface area contributed by atoms with Crippen molar-refractivity contribution < 1.29 is 0 Å². The van der Waals surface area contributed by atoms with Crippen LogP contribution >= 0.6 is 0 Å². The number of pyridine rings is 1. The van der Waals surface area contributed by atoms with E-state index in [-0.39, 0.29) is 0 Å². The first-order valence-corrected chi connectivity index (χ1v) is 4.91. The van der Waals surface area contributed by atoms with Crippen LogP contribution in [0, 0.1) is 6.92 Å². The third-order valence-corrected chi connectivity index (χ3v) is 2.23. The van der Waals surface area contributed by atoms with Gasteiger partial charge >= 0.3 is 0 Å². The van der Waals surface area contributed by atoms with Gasteiger partial charge in [0, 0.05) is 12.2 Å². The molecule has 1 aromatic heterocycles. The maximum Gasteiger partial charge on any atom is 0.0547 e. The van der Waals surface area contributed by atoms with E-state index in [1.807, 2.05) is 13.0 Å². The van der Waals surface area contributed by atoms with Crippen LogP contribution in [0.4, 0.5) is 0 Å². The Morgan fingerprint density at radius 3 is 2.46 bits per heavy atom. The van der Waals surface area contributed by atoms with E-state index in [0.717, 1.165) is 25.3 Å². The van der Waals surface area contributed by atoms with Gasteiger partial charge in [-0.1, -0.05) is 19.9 Å². The molecule has 72 valence electrons. The van der Waals surface area contributed by atoms with Gasteiger partial charge in [0.05, 0.1) is 5.69 Å². The van der Waals surface area contributed by atoms with E-state index in [1.54, 1.807) is 0 Å². The molecule has 0 aromatic carbocycles. The van der Waals surface area contributed by atoms with Crippen molar-refractivity contribution in [1.82, 2.24) is 9.88 Å². The predicted molar refractivity (Wildman–Crippen MR) is 55.6 cm³/mol. The molecule has 0 atom stereocenters. The molecule has 0 aliphatic carbocycles. The average molecular weight is 178 g/mol. The fraction of sp³-hybridized carbons (Fsp3) is 0.545. The normalized spacial score (nSPS) is 10.8. The maximum atomic E-state index is 4.47. The van der Waals surface area contributed by atoms with E-state index in [4.69, 9.17) is 0 Å². The quantitative estimate of drug-likeness (QED) is 0.703. The summed E-state index contributed by atoms with van der Waals surface area (Å²) >= 11 is 0. The van der Waals surface area contributed by atoms with Crippen LogP contribution in [0.15, 0.2) is 18.2 Å². The van der Waals surface area contributed by atoms with Crippen molar-refractivity contribution in [2.75, 3.05) is 13.1 Å². The van der Waals surface area contributed by atoms with Crippen molar-refractivity contribution >= 4 is 0 Å². The van der Waals surface area contributed by atoms with Gasteiger partial charge in [0.25, 0.3) is 0 Å². The minimum Gasteiger partial charge on any atom is -0.298 e. The summed E-state index contributed by atoms with van der Waals surface area (Å²) < 4.78 is 0. The Balaban J connectivity index is 2.62. The van der Waals surface area contributed by atoms with Gasteiger partial charge in [-0.2, -0.15) is 0 Å². The molecule has 1 heterocycles. The molecule has 0 unspecified atom stereocenters. The Labute approximate surface area is 80.6 Å². The van der Waals surface area contributed by atoms with Gasteiger partial charge in [0.1, 0.15) is 0 Å². The third kappa shape index (κ3) is 3.15. The fourth-order valence-electron chi connectivity index (χ4n) is 1.36. The first-order valence-electron chi connectivity index (χ1n) is 4.91. The molecule has 2 nitrogen and oxygen atoms in total. The Morgan fingerprint density at radius 1 is 1.23 bits per heavy atom. The molecule has 13 heavy (non-hydrogen) atoms. The molecular weight excluding hydrogens is 160 g/mol. The van der Waals surface area contributed by atoms with Gasteiger partial charge in [-0.05, 0) is 32.1 Å². The monoisotopic (exact) mass is 178 g/mol. The summed E-state index contributed by atoms with van der Waals surface area (Å²) in [6.45, 7) is 9.54. The zero-order valence-corrected chi connectivity index (χ0v) is 8.75. The van der Waals surface area contributed by atoms with Crippen LogP contribution in [0.25, 0.3) is 0 Å². The number of aromatic nitrogens is 1. The van der Waals surface area contributed by atoms with Gasteiger partial charge in [-0.3, -0.25) is 9.88 Å². The predicted octanol–water partition coefficient (Wildman–Crippen LogP) is 2.23. The van der Waals surface area contributed by atoms with Crippen LogP contribution in [0.2, 0.25) is 0 Å². The van der Waals surface area contributed by atoms with Crippen molar-refractivity contribution in [2.45, 2.75) is 27.3 Å². The first-order chi connectivity index (χ1) is 6.26. The number of nitrogens with zero attached hydrogens (tertiary/aromatic N) is 2. The van der Waals surface area contributed by atoms with Crippen LogP contribution in [0.1, 0.15) is 25.2 Å². The maximum absolute atomic E-state index is 4.47. The molecular formula is C11H18N2. The molecule has 0 aliphatic rings. The van der Waals surface area contributed by atoms with Gasteiger partial charge in [0.15, 0.2) is 0 Å². The summed E-state index contributed by atoms with van der Waals surface area (Å²) in [6, 6.07) is 6.19. The van der Waals surface area contributed by atoms with Crippen LogP contribution in [-0.2, 0) is 6.54 Å². The second-order valence-electron chi connectivity index (χ2n) is 3.23. The first kappa shape index (κ1) is 10.2. The zero-order valence-electron chi connectivity index (χ0n) is 8.75. The molecule has 0 saturated heterocycles. The Hall–Kier alpha value is -0.890. The van der Waals surface area contributed by atoms with E-state index < -0.39 is 0 Å². The SMILES string of the molecule is CCN(CC)Cc1cccc(C)n1. The van der Waals surface area contributed by atoms with Crippen LogP contribution in [0.5, 0.6) is 0 Å². The molecule has 0 aliphatic heterocycles. The topological polar surface area (TPSA) is 16.1 Å². The Bertz CT molecular complexity index is 254. The van der Waals surface area contributed by atoms with E-state index in [0.29, 0.717) is 0 Å². The minimum atomic E-state index is 0.967. The van der Waals surface area contributed by atoms with Crippen molar-refractivity contribution in [3.63, 3.8) is 0 Å². The summed E-state index contributed by atoms with van der Waals surface area (Å²) in [5.74, 6) is 0. The molecule has 0 saturated carbocycles. The molecule has 1 rings (SSSR count). The molecule has 0 spiro atoms. The van der Waals surface area contributed by atoms with Gasteiger partial charge in [0.2, 0.25) is 0 Å². The fourth-order valence-corrected chi connectivity index (χ4v) is 1.36. The highest BCUT2D eigenvalue weighted by molar-refractivity contribution is 5.09. The highest BCUT2D eigenvalue weighted by Crippen LogP contribution is 2.02. The number of aryl methyl sites for hydroxylation is 1. The summed E-state index contributed by atoms with van der Waals surface area (Å²) in [7, 11) is 0.